The molecular weight excluding hydrogens is 432 g/mol. The highest BCUT2D eigenvalue weighted by Gasteiger charge is 2.36. The molecule has 0 bridgehead atoms. The topological polar surface area (TPSA) is 79.8 Å². The number of nitrogens with one attached hydrogen (secondary N) is 2. The van der Waals surface area contributed by atoms with Crippen molar-refractivity contribution >= 4 is 29.4 Å². The van der Waals surface area contributed by atoms with Crippen molar-refractivity contribution in [3.05, 3.63) is 59.7 Å². The number of nitrogens with zero attached hydrogens (tertiary/aromatic N) is 1. The van der Waals surface area contributed by atoms with Crippen LogP contribution in [0.2, 0.25) is 0 Å². The largest absolute Gasteiger partial charge is 0.418 e. The zero-order valence-corrected chi connectivity index (χ0v) is 15.7. The van der Waals surface area contributed by atoms with Crippen LogP contribution in [-0.4, -0.2) is 25.1 Å². The number of amides is 2. The molecule has 2 amide bonds. The van der Waals surface area contributed by atoms with Gasteiger partial charge in [-0.1, -0.05) is 29.4 Å². The Balaban J connectivity index is 2.32. The molecule has 0 saturated heterocycles. The molecule has 0 atom stereocenters. The lowest BCUT2D eigenvalue weighted by atomic mass is 10.1. The van der Waals surface area contributed by atoms with Crippen molar-refractivity contribution in [3.63, 3.8) is 0 Å². The first kappa shape index (κ1) is 23.7. The third-order valence-electron chi connectivity index (χ3n) is 3.86. The monoisotopic (exact) mass is 447 g/mol. The Kier molecular flexibility index (Phi) is 7.26. The van der Waals surface area contributed by atoms with Crippen molar-refractivity contribution < 1.29 is 40.8 Å². The van der Waals surface area contributed by atoms with E-state index in [0.717, 1.165) is 31.4 Å². The van der Waals surface area contributed by atoms with Gasteiger partial charge in [0.25, 0.3) is 0 Å². The first-order valence-corrected chi connectivity index (χ1v) is 8.46. The van der Waals surface area contributed by atoms with Crippen LogP contribution in [0.1, 0.15) is 11.1 Å². The van der Waals surface area contributed by atoms with Gasteiger partial charge in [-0.05, 0) is 24.3 Å². The fourth-order valence-corrected chi connectivity index (χ4v) is 2.48. The van der Waals surface area contributed by atoms with Crippen molar-refractivity contribution in [3.8, 4) is 0 Å². The summed E-state index contributed by atoms with van der Waals surface area (Å²) in [6.07, 6.45) is -8.95. The number of para-hydroxylation sites is 2. The molecule has 0 fully saturated rings. The summed E-state index contributed by atoms with van der Waals surface area (Å²) in [5.74, 6) is -4.43. The number of alkyl halides is 6. The van der Waals surface area contributed by atoms with E-state index in [2.05, 4.69) is 9.99 Å². The molecule has 0 aliphatic heterocycles. The second-order valence-electron chi connectivity index (χ2n) is 5.98. The van der Waals surface area contributed by atoms with Crippen LogP contribution >= 0.6 is 0 Å². The summed E-state index contributed by atoms with van der Waals surface area (Å²) in [5, 5.41) is 7.15. The summed E-state index contributed by atoms with van der Waals surface area (Å²) >= 11 is 0. The number of carbonyl (C=O) groups is 2. The molecule has 0 aromatic heterocycles. The van der Waals surface area contributed by atoms with Crippen molar-refractivity contribution in [1.29, 1.82) is 0 Å². The van der Waals surface area contributed by atoms with Crippen LogP contribution in [0.5, 0.6) is 0 Å². The maximum absolute atomic E-state index is 13.1. The molecule has 2 N–H and O–H groups in total. The van der Waals surface area contributed by atoms with Crippen LogP contribution in [0.3, 0.4) is 0 Å². The van der Waals surface area contributed by atoms with E-state index in [9.17, 15) is 35.9 Å². The average Bonchev–Trinajstić information content (AvgIpc) is 2.67. The van der Waals surface area contributed by atoms with E-state index >= 15 is 0 Å². The van der Waals surface area contributed by atoms with E-state index < -0.39 is 52.6 Å². The SMILES string of the molecule is CO/N=C\C(C(=O)Nc1ccccc1C(F)(F)F)C(=O)Nc1ccccc1C(F)(F)F. The maximum atomic E-state index is 13.1. The minimum Gasteiger partial charge on any atom is -0.399 e. The Morgan fingerprint density at radius 2 is 1.23 bits per heavy atom. The highest BCUT2D eigenvalue weighted by atomic mass is 19.4. The van der Waals surface area contributed by atoms with Crippen LogP contribution in [0.4, 0.5) is 37.7 Å². The molecule has 31 heavy (non-hydrogen) atoms. The van der Waals surface area contributed by atoms with Crippen LogP contribution in [0.25, 0.3) is 0 Å². The van der Waals surface area contributed by atoms with Crippen molar-refractivity contribution in [1.82, 2.24) is 0 Å². The van der Waals surface area contributed by atoms with Gasteiger partial charge in [-0.2, -0.15) is 26.3 Å². The van der Waals surface area contributed by atoms with Gasteiger partial charge < -0.3 is 15.5 Å². The summed E-state index contributed by atoms with van der Waals surface area (Å²) in [5.41, 5.74) is -3.62. The second-order valence-corrected chi connectivity index (χ2v) is 5.98. The predicted octanol–water partition coefficient (Wildman–Crippen LogP) is 4.55. The van der Waals surface area contributed by atoms with E-state index in [0.29, 0.717) is 18.3 Å². The highest BCUT2D eigenvalue weighted by Crippen LogP contribution is 2.36. The Hall–Kier alpha value is -3.57. The number of halogens is 6. The van der Waals surface area contributed by atoms with Crippen LogP contribution in [0.15, 0.2) is 53.7 Å². The average molecular weight is 447 g/mol. The van der Waals surface area contributed by atoms with Crippen LogP contribution in [0, 0.1) is 5.92 Å². The summed E-state index contributed by atoms with van der Waals surface area (Å²) < 4.78 is 78.7. The molecule has 6 nitrogen and oxygen atoms in total. The van der Waals surface area contributed by atoms with E-state index in [1.807, 2.05) is 10.6 Å². The number of carbonyl (C=O) groups excluding carboxylic acids is 2. The molecule has 12 heteroatoms. The lowest BCUT2D eigenvalue weighted by molar-refractivity contribution is -0.137. The minimum atomic E-state index is -4.80. The minimum absolute atomic E-state index is 0.640. The Bertz CT molecular complexity index is 901. The van der Waals surface area contributed by atoms with Gasteiger partial charge in [0.15, 0.2) is 5.92 Å². The van der Waals surface area contributed by atoms with Crippen molar-refractivity contribution in [2.75, 3.05) is 17.7 Å². The first-order chi connectivity index (χ1) is 14.4. The molecule has 0 aliphatic rings. The van der Waals surface area contributed by atoms with Crippen molar-refractivity contribution in [2.45, 2.75) is 12.4 Å². The standard InChI is InChI=1S/C19H15F6N3O3/c1-31-26-10-11(16(29)27-14-8-4-2-6-12(14)18(20,21)22)17(30)28-15-9-5-3-7-13(15)19(23,24)25/h2-11H,1H3,(H,27,29)(H,28,30)/b26-10-. The third kappa shape index (κ3) is 6.20. The van der Waals surface area contributed by atoms with Gasteiger partial charge in [-0.15, -0.1) is 0 Å². The molecule has 2 aromatic carbocycles. The number of benzene rings is 2. The number of anilines is 2. The van der Waals surface area contributed by atoms with Gasteiger partial charge in [0.1, 0.15) is 7.11 Å². The lowest BCUT2D eigenvalue weighted by Crippen LogP contribution is -2.36. The normalized spacial score (nSPS) is 12.1. The molecule has 0 aliphatic carbocycles. The van der Waals surface area contributed by atoms with E-state index in [1.54, 1.807) is 0 Å². The van der Waals surface area contributed by atoms with Gasteiger partial charge in [-0.25, -0.2) is 0 Å². The third-order valence-corrected chi connectivity index (χ3v) is 3.86. The fraction of sp³-hybridized carbons (Fsp3) is 0.211. The van der Waals surface area contributed by atoms with Gasteiger partial charge >= 0.3 is 12.4 Å². The number of hydrogen-bond acceptors (Lipinski definition) is 4. The smallest absolute Gasteiger partial charge is 0.399 e. The second kappa shape index (κ2) is 9.49. The number of oxime groups is 1. The van der Waals surface area contributed by atoms with E-state index in [-0.39, 0.29) is 0 Å². The summed E-state index contributed by atoms with van der Waals surface area (Å²) in [7, 11) is 1.07. The zero-order chi connectivity index (χ0) is 23.2. The molecule has 0 heterocycles. The Labute approximate surface area is 171 Å². The maximum Gasteiger partial charge on any atom is 0.418 e. The molecule has 0 unspecified atom stereocenters. The number of rotatable bonds is 6. The van der Waals surface area contributed by atoms with Crippen LogP contribution in [-0.2, 0) is 26.8 Å². The van der Waals surface area contributed by atoms with E-state index in [4.69, 9.17) is 0 Å². The molecular formula is C19H15F6N3O3. The molecule has 166 valence electrons. The molecule has 0 saturated carbocycles. The van der Waals surface area contributed by atoms with Crippen LogP contribution < -0.4 is 10.6 Å². The summed E-state index contributed by atoms with van der Waals surface area (Å²) in [6, 6.07) is 8.00. The van der Waals surface area contributed by atoms with Gasteiger partial charge in [0, 0.05) is 0 Å². The lowest BCUT2D eigenvalue weighted by Gasteiger charge is -2.18. The molecule has 0 radical (unpaired) electrons. The zero-order valence-electron chi connectivity index (χ0n) is 15.7. The molecule has 2 aromatic rings. The van der Waals surface area contributed by atoms with E-state index in [1.165, 1.54) is 12.1 Å². The van der Waals surface area contributed by atoms with Gasteiger partial charge in [0.05, 0.1) is 28.7 Å². The Morgan fingerprint density at radius 3 is 1.58 bits per heavy atom. The quantitative estimate of drug-likeness (QED) is 0.295. The molecule has 0 spiro atoms. The summed E-state index contributed by atoms with van der Waals surface area (Å²) in [6.45, 7) is 0. The molecule has 2 rings (SSSR count). The fourth-order valence-electron chi connectivity index (χ4n) is 2.48. The van der Waals surface area contributed by atoms with Gasteiger partial charge in [-0.3, -0.25) is 9.59 Å². The van der Waals surface area contributed by atoms with Gasteiger partial charge in [0.2, 0.25) is 11.8 Å². The van der Waals surface area contributed by atoms with Crippen molar-refractivity contribution in [2.24, 2.45) is 11.1 Å². The Morgan fingerprint density at radius 1 is 0.839 bits per heavy atom. The predicted molar refractivity (Wildman–Crippen MR) is 99.1 cm³/mol. The highest BCUT2D eigenvalue weighted by molar-refractivity contribution is 6.20. The summed E-state index contributed by atoms with van der Waals surface area (Å²) in [4.78, 5) is 29.4. The number of hydrogen-bond donors (Lipinski definition) is 2. The first-order valence-electron chi connectivity index (χ1n) is 8.46.